The molecule has 0 spiro atoms. The van der Waals surface area contributed by atoms with Gasteiger partial charge in [0, 0.05) is 4.90 Å². The lowest BCUT2D eigenvalue weighted by molar-refractivity contribution is -0.128. The minimum absolute atomic E-state index is 0.350. The third kappa shape index (κ3) is 5.06. The molecule has 0 fully saturated rings. The van der Waals surface area contributed by atoms with Crippen molar-refractivity contribution in [3.05, 3.63) is 60.2 Å². The van der Waals surface area contributed by atoms with Crippen molar-refractivity contribution < 1.29 is 14.7 Å². The summed E-state index contributed by atoms with van der Waals surface area (Å²) in [5.41, 5.74) is 2.55. The summed E-state index contributed by atoms with van der Waals surface area (Å²) in [6, 6.07) is 16.7. The van der Waals surface area contributed by atoms with Crippen molar-refractivity contribution >= 4 is 17.7 Å². The number of benzene rings is 2. The molecule has 0 radical (unpaired) electrons. The van der Waals surface area contributed by atoms with Gasteiger partial charge in [0.05, 0.1) is 0 Å². The van der Waals surface area contributed by atoms with E-state index in [-0.39, 0.29) is 0 Å². The van der Waals surface area contributed by atoms with E-state index in [0.717, 1.165) is 16.2 Å². The highest BCUT2D eigenvalue weighted by molar-refractivity contribution is 8.00. The average Bonchev–Trinajstić information content (AvgIpc) is 2.61. The predicted octanol–water partition coefficient (Wildman–Crippen LogP) is 3.43. The number of nitrogens with one attached hydrogen (secondary N) is 1. The molecule has 0 saturated carbocycles. The molecule has 1 amide bonds. The van der Waals surface area contributed by atoms with Gasteiger partial charge in [-0.2, -0.15) is 0 Å². The average molecular weight is 327 g/mol. The Labute approximate surface area is 139 Å². The van der Waals surface area contributed by atoms with Gasteiger partial charge in [-0.3, -0.25) is 10.0 Å². The Morgan fingerprint density at radius 1 is 1.22 bits per heavy atom. The Balaban J connectivity index is 2.10. The number of rotatable bonds is 6. The van der Waals surface area contributed by atoms with E-state index in [1.165, 1.54) is 11.8 Å². The molecule has 2 aromatic carbocycles. The van der Waals surface area contributed by atoms with Crippen LogP contribution in [0.3, 0.4) is 0 Å². The van der Waals surface area contributed by atoms with Crippen molar-refractivity contribution in [2.75, 3.05) is 6.61 Å². The van der Waals surface area contributed by atoms with E-state index < -0.39 is 11.2 Å². The molecule has 2 N–H and O–H groups in total. The largest absolute Gasteiger partial charge is 0.481 e. The molecule has 0 aliphatic carbocycles. The van der Waals surface area contributed by atoms with Crippen LogP contribution in [-0.4, -0.2) is 17.7 Å². The lowest BCUT2D eigenvalue weighted by Gasteiger charge is -2.15. The zero-order chi connectivity index (χ0) is 16.5. The summed E-state index contributed by atoms with van der Waals surface area (Å²) in [4.78, 5) is 12.8. The number of hydrogen-bond donors (Lipinski definition) is 2. The van der Waals surface area contributed by atoms with Crippen LogP contribution in [0.1, 0.15) is 17.7 Å². The highest BCUT2D eigenvalue weighted by Crippen LogP contribution is 2.35. The molecule has 4 nitrogen and oxygen atoms in total. The van der Waals surface area contributed by atoms with E-state index in [2.05, 4.69) is 11.8 Å². The molecule has 1 atom stereocenters. The predicted molar refractivity (Wildman–Crippen MR) is 90.4 cm³/mol. The second kappa shape index (κ2) is 8.89. The third-order valence-corrected chi connectivity index (χ3v) is 4.28. The molecule has 5 heteroatoms. The number of carbonyl (C=O) groups is 1. The summed E-state index contributed by atoms with van der Waals surface area (Å²) < 4.78 is 5.46. The molecular formula is C18H17NO3S. The number of hydroxylamine groups is 1. The van der Waals surface area contributed by atoms with Crippen molar-refractivity contribution in [2.45, 2.75) is 17.1 Å². The number of amides is 1. The van der Waals surface area contributed by atoms with E-state index in [1.807, 2.05) is 54.6 Å². The minimum atomic E-state index is -0.529. The summed E-state index contributed by atoms with van der Waals surface area (Å²) in [6.45, 7) is 2.11. The quantitative estimate of drug-likeness (QED) is 0.369. The fourth-order valence-electron chi connectivity index (χ4n) is 1.90. The van der Waals surface area contributed by atoms with Crippen molar-refractivity contribution in [3.8, 4) is 17.6 Å². The zero-order valence-corrected chi connectivity index (χ0v) is 13.5. The number of hydrogen-bond acceptors (Lipinski definition) is 4. The molecule has 0 saturated heterocycles. The Kier molecular flexibility index (Phi) is 6.55. The van der Waals surface area contributed by atoms with E-state index in [0.29, 0.717) is 6.61 Å². The van der Waals surface area contributed by atoms with Crippen LogP contribution < -0.4 is 10.2 Å². The van der Waals surface area contributed by atoms with Crippen LogP contribution in [0.25, 0.3) is 0 Å². The Hall–Kier alpha value is -2.42. The van der Waals surface area contributed by atoms with Crippen LogP contribution in [0, 0.1) is 11.8 Å². The molecule has 2 rings (SSSR count). The molecule has 0 aromatic heterocycles. The van der Waals surface area contributed by atoms with Crippen LogP contribution >= 0.6 is 11.8 Å². The topological polar surface area (TPSA) is 58.6 Å². The normalized spacial score (nSPS) is 11.0. The Morgan fingerprint density at radius 2 is 1.91 bits per heavy atom. The van der Waals surface area contributed by atoms with Gasteiger partial charge in [0.15, 0.2) is 0 Å². The van der Waals surface area contributed by atoms with Crippen molar-refractivity contribution in [1.29, 1.82) is 0 Å². The maximum absolute atomic E-state index is 11.9. The van der Waals surface area contributed by atoms with Crippen molar-refractivity contribution in [1.82, 2.24) is 5.48 Å². The molecule has 0 aliphatic heterocycles. The van der Waals surface area contributed by atoms with E-state index in [9.17, 15) is 4.79 Å². The SMILES string of the molecule is CC#CCOc1ccc(S[C@@H](C(=O)NO)c2ccccc2)cc1. The highest BCUT2D eigenvalue weighted by Gasteiger charge is 2.21. The first kappa shape index (κ1) is 16.9. The Bertz CT molecular complexity index is 690. The second-order valence-corrected chi connectivity index (χ2v) is 5.75. The summed E-state index contributed by atoms with van der Waals surface area (Å²) in [7, 11) is 0. The van der Waals surface area contributed by atoms with Crippen molar-refractivity contribution in [3.63, 3.8) is 0 Å². The maximum atomic E-state index is 11.9. The molecule has 2 aromatic rings. The van der Waals surface area contributed by atoms with E-state index in [4.69, 9.17) is 9.94 Å². The van der Waals surface area contributed by atoms with Crippen LogP contribution in [0.4, 0.5) is 0 Å². The second-order valence-electron chi connectivity index (χ2n) is 4.57. The first-order valence-corrected chi connectivity index (χ1v) is 7.90. The van der Waals surface area contributed by atoms with Gasteiger partial charge < -0.3 is 4.74 Å². The number of carbonyl (C=O) groups excluding carboxylic acids is 1. The smallest absolute Gasteiger partial charge is 0.261 e. The van der Waals surface area contributed by atoms with E-state index >= 15 is 0 Å². The van der Waals surface area contributed by atoms with Gasteiger partial charge in [0.1, 0.15) is 17.6 Å². The first-order valence-electron chi connectivity index (χ1n) is 7.02. The van der Waals surface area contributed by atoms with Crippen LogP contribution in [0.5, 0.6) is 5.75 Å². The van der Waals surface area contributed by atoms with Gasteiger partial charge in [-0.25, -0.2) is 5.48 Å². The molecule has 0 aliphatic rings. The van der Waals surface area contributed by atoms with Crippen LogP contribution in [0.2, 0.25) is 0 Å². The van der Waals surface area contributed by atoms with E-state index in [1.54, 1.807) is 12.4 Å². The van der Waals surface area contributed by atoms with Crippen LogP contribution in [-0.2, 0) is 4.79 Å². The summed E-state index contributed by atoms with van der Waals surface area (Å²) in [5.74, 6) is 5.86. The summed E-state index contributed by atoms with van der Waals surface area (Å²) >= 11 is 1.36. The van der Waals surface area contributed by atoms with Gasteiger partial charge in [-0.05, 0) is 36.8 Å². The number of ether oxygens (including phenoxy) is 1. The molecule has 0 unspecified atom stereocenters. The standard InChI is InChI=1S/C18H17NO3S/c1-2-3-13-22-15-9-11-16(12-10-15)23-17(18(20)19-21)14-7-5-4-6-8-14/h4-12,17,21H,13H2,1H3,(H,19,20)/t17-/m1/s1. The number of thioether (sulfide) groups is 1. The lowest BCUT2D eigenvalue weighted by Crippen LogP contribution is -2.24. The fraction of sp³-hybridized carbons (Fsp3) is 0.167. The monoisotopic (exact) mass is 327 g/mol. The highest BCUT2D eigenvalue weighted by atomic mass is 32.2. The molecule has 0 bridgehead atoms. The molecule has 23 heavy (non-hydrogen) atoms. The third-order valence-electron chi connectivity index (χ3n) is 3.02. The van der Waals surface area contributed by atoms with Crippen LogP contribution in [0.15, 0.2) is 59.5 Å². The first-order chi connectivity index (χ1) is 11.2. The lowest BCUT2D eigenvalue weighted by atomic mass is 10.1. The molecular weight excluding hydrogens is 310 g/mol. The summed E-state index contributed by atoms with van der Waals surface area (Å²) in [5, 5.41) is 8.43. The minimum Gasteiger partial charge on any atom is -0.481 e. The summed E-state index contributed by atoms with van der Waals surface area (Å²) in [6.07, 6.45) is 0. The van der Waals surface area contributed by atoms with Crippen molar-refractivity contribution in [2.24, 2.45) is 0 Å². The van der Waals surface area contributed by atoms with Gasteiger partial charge in [0.2, 0.25) is 0 Å². The van der Waals surface area contributed by atoms with Gasteiger partial charge >= 0.3 is 0 Å². The zero-order valence-electron chi connectivity index (χ0n) is 12.7. The fourth-order valence-corrected chi connectivity index (χ4v) is 2.92. The van der Waals surface area contributed by atoms with Gasteiger partial charge in [-0.15, -0.1) is 17.7 Å². The van der Waals surface area contributed by atoms with Gasteiger partial charge in [-0.1, -0.05) is 36.3 Å². The molecule has 118 valence electrons. The maximum Gasteiger partial charge on any atom is 0.261 e. The van der Waals surface area contributed by atoms with Gasteiger partial charge in [0.25, 0.3) is 5.91 Å². The molecule has 0 heterocycles. The Morgan fingerprint density at radius 3 is 2.52 bits per heavy atom.